The van der Waals surface area contributed by atoms with Gasteiger partial charge in [0.2, 0.25) is 0 Å². The number of hydrogen-bond acceptors (Lipinski definition) is 2. The van der Waals surface area contributed by atoms with Gasteiger partial charge < -0.3 is 0 Å². The third-order valence-electron chi connectivity index (χ3n) is 4.78. The zero-order valence-corrected chi connectivity index (χ0v) is 13.8. The third-order valence-corrected chi connectivity index (χ3v) is 5.97. The van der Waals surface area contributed by atoms with E-state index >= 15 is 0 Å². The normalized spacial score (nSPS) is 28.6. The minimum atomic E-state index is 0.468. The second-order valence-electron chi connectivity index (χ2n) is 5.90. The first-order chi connectivity index (χ1) is 7.98. The molecule has 0 radical (unpaired) electrons. The van der Waals surface area contributed by atoms with E-state index in [9.17, 15) is 0 Å². The molecule has 0 spiro atoms. The van der Waals surface area contributed by atoms with Crippen molar-refractivity contribution in [1.82, 2.24) is 9.80 Å². The van der Waals surface area contributed by atoms with E-state index in [1.54, 1.807) is 0 Å². The predicted molar refractivity (Wildman–Crippen MR) is 79.9 cm³/mol. The summed E-state index contributed by atoms with van der Waals surface area (Å²) in [4.78, 5) is 5.17. The fourth-order valence-corrected chi connectivity index (χ4v) is 3.79. The van der Waals surface area contributed by atoms with E-state index in [1.807, 2.05) is 0 Å². The van der Waals surface area contributed by atoms with Gasteiger partial charge in [-0.2, -0.15) is 0 Å². The first-order valence-corrected chi connectivity index (χ1v) is 8.10. The van der Waals surface area contributed by atoms with Crippen LogP contribution in [-0.2, 0) is 0 Å². The molecule has 0 N–H and O–H groups in total. The average Bonchev–Trinajstić information content (AvgIpc) is 2.33. The van der Waals surface area contributed by atoms with Gasteiger partial charge in [-0.05, 0) is 39.2 Å². The largest absolute Gasteiger partial charge is 0.300 e. The molecular formula is C14H29BrN2. The topological polar surface area (TPSA) is 6.48 Å². The molecule has 0 bridgehead atoms. The molecule has 1 fully saturated rings. The summed E-state index contributed by atoms with van der Waals surface area (Å²) in [5.41, 5.74) is 0.468. The molecule has 1 aliphatic rings. The van der Waals surface area contributed by atoms with Gasteiger partial charge in [0.1, 0.15) is 0 Å². The molecule has 0 aliphatic carbocycles. The number of likely N-dealkylation sites (N-methyl/N-ethyl adjacent to an activating group) is 1. The van der Waals surface area contributed by atoms with Crippen molar-refractivity contribution in [2.24, 2.45) is 5.41 Å². The van der Waals surface area contributed by atoms with Gasteiger partial charge in [0.15, 0.2) is 0 Å². The summed E-state index contributed by atoms with van der Waals surface area (Å²) in [6, 6.07) is 1.36. The predicted octanol–water partition coefficient (Wildman–Crippen LogP) is 3.21. The monoisotopic (exact) mass is 304 g/mol. The van der Waals surface area contributed by atoms with Gasteiger partial charge in [0.25, 0.3) is 0 Å². The van der Waals surface area contributed by atoms with Crippen LogP contribution in [-0.4, -0.2) is 53.9 Å². The van der Waals surface area contributed by atoms with Crippen LogP contribution in [0.3, 0.4) is 0 Å². The highest BCUT2D eigenvalue weighted by molar-refractivity contribution is 9.09. The van der Waals surface area contributed by atoms with Gasteiger partial charge in [0.05, 0.1) is 0 Å². The van der Waals surface area contributed by atoms with Crippen molar-refractivity contribution in [1.29, 1.82) is 0 Å². The number of halogens is 1. The Balaban J connectivity index is 2.62. The lowest BCUT2D eigenvalue weighted by Gasteiger charge is -2.46. The summed E-state index contributed by atoms with van der Waals surface area (Å²) in [6.45, 7) is 13.0. The van der Waals surface area contributed by atoms with Gasteiger partial charge in [0, 0.05) is 37.0 Å². The summed E-state index contributed by atoms with van der Waals surface area (Å²) in [5.74, 6) is 0. The highest BCUT2D eigenvalue weighted by Gasteiger charge is 2.32. The number of piperazine rings is 1. The van der Waals surface area contributed by atoms with Crippen molar-refractivity contribution < 1.29 is 0 Å². The Hall–Kier alpha value is 0.400. The number of nitrogens with zero attached hydrogens (tertiary/aromatic N) is 2. The smallest absolute Gasteiger partial charge is 0.0195 e. The first kappa shape index (κ1) is 15.5. The molecule has 1 saturated heterocycles. The Labute approximate surface area is 116 Å². The van der Waals surface area contributed by atoms with E-state index in [2.05, 4.69) is 60.5 Å². The molecule has 17 heavy (non-hydrogen) atoms. The van der Waals surface area contributed by atoms with Gasteiger partial charge >= 0.3 is 0 Å². The SMILES string of the molecule is CCC(CC)(CBr)CN1CC(C)N(C)C(C)C1. The number of alkyl halides is 1. The van der Waals surface area contributed by atoms with Crippen molar-refractivity contribution in [3.8, 4) is 0 Å². The molecule has 2 atom stereocenters. The van der Waals surface area contributed by atoms with Crippen LogP contribution >= 0.6 is 15.9 Å². The Morgan fingerprint density at radius 3 is 1.94 bits per heavy atom. The standard InChI is InChI=1S/C14H29BrN2/c1-6-14(7-2,10-15)11-17-8-12(3)16(5)13(4)9-17/h12-13H,6-11H2,1-5H3. The van der Waals surface area contributed by atoms with Crippen LogP contribution in [0.1, 0.15) is 40.5 Å². The fraction of sp³-hybridized carbons (Fsp3) is 1.00. The van der Waals surface area contributed by atoms with E-state index in [-0.39, 0.29) is 0 Å². The molecular weight excluding hydrogens is 276 g/mol. The van der Waals surface area contributed by atoms with E-state index in [4.69, 9.17) is 0 Å². The lowest BCUT2D eigenvalue weighted by atomic mass is 9.83. The summed E-state index contributed by atoms with van der Waals surface area (Å²) < 4.78 is 0. The molecule has 0 aromatic rings. The molecule has 0 saturated carbocycles. The zero-order chi connectivity index (χ0) is 13.1. The van der Waals surface area contributed by atoms with Crippen LogP contribution in [0.2, 0.25) is 0 Å². The number of hydrogen-bond donors (Lipinski definition) is 0. The lowest BCUT2D eigenvalue weighted by molar-refractivity contribution is 0.0342. The number of rotatable bonds is 5. The van der Waals surface area contributed by atoms with Crippen LogP contribution in [0.25, 0.3) is 0 Å². The van der Waals surface area contributed by atoms with Gasteiger partial charge in [-0.1, -0.05) is 29.8 Å². The zero-order valence-electron chi connectivity index (χ0n) is 12.2. The van der Waals surface area contributed by atoms with Gasteiger partial charge in [-0.3, -0.25) is 9.80 Å². The highest BCUT2D eigenvalue weighted by Crippen LogP contribution is 2.31. The lowest BCUT2D eigenvalue weighted by Crippen LogP contribution is -2.57. The molecule has 0 amide bonds. The molecule has 2 unspecified atom stereocenters. The maximum Gasteiger partial charge on any atom is 0.0195 e. The minimum absolute atomic E-state index is 0.468. The first-order valence-electron chi connectivity index (χ1n) is 6.98. The Bertz CT molecular complexity index is 208. The molecule has 0 aromatic carbocycles. The molecule has 102 valence electrons. The summed E-state index contributed by atoms with van der Waals surface area (Å²) in [5, 5.41) is 1.13. The van der Waals surface area contributed by atoms with Crippen LogP contribution in [0.4, 0.5) is 0 Å². The van der Waals surface area contributed by atoms with Crippen LogP contribution in [0.15, 0.2) is 0 Å². The average molecular weight is 305 g/mol. The summed E-state index contributed by atoms with van der Waals surface area (Å²) >= 11 is 3.73. The Morgan fingerprint density at radius 1 is 1.12 bits per heavy atom. The van der Waals surface area contributed by atoms with Crippen LogP contribution in [0.5, 0.6) is 0 Å². The van der Waals surface area contributed by atoms with E-state index in [0.29, 0.717) is 17.5 Å². The summed E-state index contributed by atoms with van der Waals surface area (Å²) in [6.07, 6.45) is 2.54. The van der Waals surface area contributed by atoms with Gasteiger partial charge in [-0.15, -0.1) is 0 Å². The van der Waals surface area contributed by atoms with E-state index in [0.717, 1.165) is 5.33 Å². The van der Waals surface area contributed by atoms with Crippen molar-refractivity contribution in [2.75, 3.05) is 32.0 Å². The second kappa shape index (κ2) is 6.53. The third kappa shape index (κ3) is 3.68. The molecule has 1 aliphatic heterocycles. The molecule has 1 heterocycles. The van der Waals surface area contributed by atoms with Crippen LogP contribution < -0.4 is 0 Å². The molecule has 1 rings (SSSR count). The quantitative estimate of drug-likeness (QED) is 0.720. The van der Waals surface area contributed by atoms with E-state index in [1.165, 1.54) is 32.5 Å². The second-order valence-corrected chi connectivity index (χ2v) is 6.46. The van der Waals surface area contributed by atoms with Crippen molar-refractivity contribution >= 4 is 15.9 Å². The van der Waals surface area contributed by atoms with Crippen molar-refractivity contribution in [3.63, 3.8) is 0 Å². The molecule has 2 nitrogen and oxygen atoms in total. The maximum atomic E-state index is 3.73. The Kier molecular flexibility index (Phi) is 5.94. The van der Waals surface area contributed by atoms with Crippen molar-refractivity contribution in [3.05, 3.63) is 0 Å². The maximum absolute atomic E-state index is 3.73. The minimum Gasteiger partial charge on any atom is -0.300 e. The van der Waals surface area contributed by atoms with Crippen LogP contribution in [0, 0.1) is 5.41 Å². The van der Waals surface area contributed by atoms with Gasteiger partial charge in [-0.25, -0.2) is 0 Å². The van der Waals surface area contributed by atoms with E-state index < -0.39 is 0 Å². The highest BCUT2D eigenvalue weighted by atomic mass is 79.9. The fourth-order valence-electron chi connectivity index (χ4n) is 2.82. The molecule has 3 heteroatoms. The van der Waals surface area contributed by atoms with Crippen molar-refractivity contribution in [2.45, 2.75) is 52.6 Å². The molecule has 0 aromatic heterocycles. The summed E-state index contributed by atoms with van der Waals surface area (Å²) in [7, 11) is 2.25. The Morgan fingerprint density at radius 2 is 1.59 bits per heavy atom.